The van der Waals surface area contributed by atoms with E-state index in [1.807, 2.05) is 4.98 Å². The van der Waals surface area contributed by atoms with Crippen molar-refractivity contribution in [1.82, 2.24) is 19.5 Å². The molecule has 28 heavy (non-hydrogen) atoms. The Bertz CT molecular complexity index is 1140. The van der Waals surface area contributed by atoms with Crippen molar-refractivity contribution in [3.05, 3.63) is 27.2 Å². The number of aliphatic hydroxyl groups excluding tert-OH is 1. The first-order valence-corrected chi connectivity index (χ1v) is 13.3. The van der Waals surface area contributed by atoms with Crippen molar-refractivity contribution in [2.24, 2.45) is 0 Å². The van der Waals surface area contributed by atoms with Gasteiger partial charge in [0.1, 0.15) is 18.0 Å². The topological polar surface area (TPSA) is 234 Å². The zero-order valence-electron chi connectivity index (χ0n) is 13.6. The van der Waals surface area contributed by atoms with Gasteiger partial charge in [-0.15, -0.1) is 0 Å². The lowest BCUT2D eigenvalue weighted by Gasteiger charge is -2.17. The zero-order valence-corrected chi connectivity index (χ0v) is 16.3. The van der Waals surface area contributed by atoms with Crippen molar-refractivity contribution in [2.45, 2.75) is 24.9 Å². The molecular weight excluding hydrogens is 445 g/mol. The van der Waals surface area contributed by atoms with Gasteiger partial charge in [-0.25, -0.2) is 18.9 Å². The van der Waals surface area contributed by atoms with Gasteiger partial charge in [0.05, 0.1) is 19.0 Å². The standard InChI is InChI=1S/C10H13N4O11P3/c15-4-1-6(14-3-11-7-8(14)12-10(17)13-9(7)16)25-5(4)2-24-27(20,21)28(22,23)26(18)19/h3-6,15H,1-2H2,(H4-,12,13,16,17,18,19,20,21,22,23)/p+1/t4-,5+,6+/m0/s1. The second-order valence-corrected chi connectivity index (χ2v) is 15.3. The van der Waals surface area contributed by atoms with E-state index in [9.17, 15) is 38.2 Å². The minimum atomic E-state index is -5.43. The average Bonchev–Trinajstić information content (AvgIpc) is 3.16. The van der Waals surface area contributed by atoms with E-state index < -0.39 is 58.0 Å². The number of aromatic amines is 2. The molecule has 0 bridgehead atoms. The molecule has 6 atom stereocenters. The van der Waals surface area contributed by atoms with E-state index in [0.29, 0.717) is 0 Å². The SMILES string of the molecule is O=c1[nH]c(=O)c2ncn([C@H]3C[C@H](O)[C@@H](COP(=O)(O)P(=O)(O)[P+](=O)O)O3)c2[nH]1. The van der Waals surface area contributed by atoms with Crippen LogP contribution in [0.3, 0.4) is 0 Å². The molecule has 0 radical (unpaired) electrons. The van der Waals surface area contributed by atoms with Crippen LogP contribution in [-0.4, -0.2) is 58.1 Å². The van der Waals surface area contributed by atoms with Gasteiger partial charge in [-0.1, -0.05) is 0 Å². The van der Waals surface area contributed by atoms with Crippen LogP contribution in [0, 0.1) is 0 Å². The second-order valence-electron chi connectivity index (χ2n) is 5.74. The maximum Gasteiger partial charge on any atom is 0.600 e. The van der Waals surface area contributed by atoms with Crippen LogP contribution in [0.15, 0.2) is 15.9 Å². The summed E-state index contributed by atoms with van der Waals surface area (Å²) >= 11 is 0. The van der Waals surface area contributed by atoms with Gasteiger partial charge >= 0.3 is 27.4 Å². The number of ether oxygens (including phenoxy) is 1. The number of H-pyrrole nitrogens is 2. The van der Waals surface area contributed by atoms with Crippen LogP contribution >= 0.6 is 21.7 Å². The number of nitrogens with one attached hydrogen (secondary N) is 2. The van der Waals surface area contributed by atoms with E-state index in [2.05, 4.69) is 14.5 Å². The van der Waals surface area contributed by atoms with Crippen molar-refractivity contribution in [1.29, 1.82) is 0 Å². The molecule has 1 aliphatic rings. The van der Waals surface area contributed by atoms with E-state index in [1.165, 1.54) is 10.9 Å². The Morgan fingerprint density at radius 1 is 1.36 bits per heavy atom. The summed E-state index contributed by atoms with van der Waals surface area (Å²) < 4.78 is 45.1. The highest BCUT2D eigenvalue weighted by atomic mass is 32.5. The quantitative estimate of drug-likeness (QED) is 0.288. The fourth-order valence-corrected chi connectivity index (χ4v) is 6.67. The summed E-state index contributed by atoms with van der Waals surface area (Å²) in [5.41, 5.74) is -1.62. The highest BCUT2D eigenvalue weighted by Crippen LogP contribution is 2.88. The van der Waals surface area contributed by atoms with Crippen molar-refractivity contribution in [2.75, 3.05) is 6.61 Å². The zero-order chi connectivity index (χ0) is 20.9. The Morgan fingerprint density at radius 3 is 2.68 bits per heavy atom. The van der Waals surface area contributed by atoms with Gasteiger partial charge in [-0.05, 0) is 4.57 Å². The predicted molar refractivity (Wildman–Crippen MR) is 90.9 cm³/mol. The third-order valence-electron chi connectivity index (χ3n) is 3.94. The third kappa shape index (κ3) is 3.69. The highest BCUT2D eigenvalue weighted by molar-refractivity contribution is 8.57. The first-order valence-electron chi connectivity index (χ1n) is 7.44. The van der Waals surface area contributed by atoms with Crippen molar-refractivity contribution in [3.63, 3.8) is 0 Å². The number of hydrogen-bond acceptors (Lipinski definition) is 9. The number of rotatable bonds is 6. The van der Waals surface area contributed by atoms with E-state index in [-0.39, 0.29) is 17.6 Å². The van der Waals surface area contributed by atoms with E-state index in [0.717, 1.165) is 0 Å². The molecule has 1 aliphatic heterocycles. The number of hydrogen-bond donors (Lipinski definition) is 6. The number of nitrogens with zero attached hydrogens (tertiary/aromatic N) is 2. The molecule has 3 unspecified atom stereocenters. The van der Waals surface area contributed by atoms with Gasteiger partial charge in [0.25, 0.3) is 5.56 Å². The molecule has 15 nitrogen and oxygen atoms in total. The summed E-state index contributed by atoms with van der Waals surface area (Å²) in [4.78, 5) is 58.7. The molecule has 2 aromatic rings. The molecule has 1 saturated heterocycles. The smallest absolute Gasteiger partial charge is 0.390 e. The Morgan fingerprint density at radius 2 is 2.04 bits per heavy atom. The molecule has 3 heterocycles. The van der Waals surface area contributed by atoms with Crippen LogP contribution in [0.1, 0.15) is 12.6 Å². The van der Waals surface area contributed by atoms with Crippen LogP contribution in [0.5, 0.6) is 0 Å². The molecule has 1 fully saturated rings. The predicted octanol–water partition coefficient (Wildman–Crippen LogP) is -0.902. The average molecular weight is 459 g/mol. The third-order valence-corrected chi connectivity index (χ3v) is 12.6. The number of fused-ring (bicyclic) bond motifs is 1. The van der Waals surface area contributed by atoms with Crippen LogP contribution in [-0.2, 0) is 23.0 Å². The minimum Gasteiger partial charge on any atom is -0.390 e. The minimum absolute atomic E-state index is 0.0116. The van der Waals surface area contributed by atoms with Gasteiger partial charge in [0.2, 0.25) is 0 Å². The maximum absolute atomic E-state index is 11.7. The molecule has 3 rings (SSSR count). The van der Waals surface area contributed by atoms with Gasteiger partial charge in [0.15, 0.2) is 5.52 Å². The molecule has 2 aromatic heterocycles. The largest absolute Gasteiger partial charge is 0.600 e. The fraction of sp³-hybridized carbons (Fsp3) is 0.500. The van der Waals surface area contributed by atoms with Gasteiger partial charge < -0.3 is 14.7 Å². The van der Waals surface area contributed by atoms with Crippen LogP contribution in [0.2, 0.25) is 0 Å². The molecular formula is C10H14N4O11P3+. The molecule has 154 valence electrons. The molecule has 0 aromatic carbocycles. The Labute approximate surface area is 154 Å². The molecule has 0 amide bonds. The van der Waals surface area contributed by atoms with Crippen molar-refractivity contribution in [3.8, 4) is 0 Å². The van der Waals surface area contributed by atoms with Gasteiger partial charge in [-0.2, -0.15) is 4.89 Å². The normalized spacial score (nSPS) is 27.4. The Hall–Kier alpha value is -1.53. The molecule has 0 saturated carbocycles. The van der Waals surface area contributed by atoms with Crippen LogP contribution in [0.4, 0.5) is 0 Å². The number of imidazole rings is 1. The van der Waals surface area contributed by atoms with Crippen molar-refractivity contribution < 1.29 is 42.7 Å². The first-order chi connectivity index (χ1) is 12.9. The lowest BCUT2D eigenvalue weighted by molar-refractivity contribution is -0.0389. The number of aliphatic hydroxyl groups is 1. The lowest BCUT2D eigenvalue weighted by atomic mass is 10.2. The lowest BCUT2D eigenvalue weighted by Crippen LogP contribution is -2.26. The second kappa shape index (κ2) is 7.38. The summed E-state index contributed by atoms with van der Waals surface area (Å²) in [5, 5.41) is 10.1. The van der Waals surface area contributed by atoms with Crippen molar-refractivity contribution >= 4 is 32.9 Å². The molecule has 0 aliphatic carbocycles. The van der Waals surface area contributed by atoms with Crippen LogP contribution in [0.25, 0.3) is 11.2 Å². The maximum atomic E-state index is 11.7. The molecule has 18 heteroatoms. The highest BCUT2D eigenvalue weighted by Gasteiger charge is 2.61. The monoisotopic (exact) mass is 459 g/mol. The summed E-state index contributed by atoms with van der Waals surface area (Å²) in [6.45, 7) is -6.27. The Kier molecular flexibility index (Phi) is 5.58. The molecule has 6 N–H and O–H groups in total. The van der Waals surface area contributed by atoms with E-state index in [4.69, 9.17) is 9.63 Å². The fourth-order valence-electron chi connectivity index (χ4n) is 2.55. The number of aromatic nitrogens is 4. The first kappa shape index (κ1) is 21.2. The van der Waals surface area contributed by atoms with E-state index in [1.54, 1.807) is 0 Å². The Balaban J connectivity index is 1.78. The summed E-state index contributed by atoms with van der Waals surface area (Å²) in [6, 6.07) is 0. The summed E-state index contributed by atoms with van der Waals surface area (Å²) in [7, 11) is -9.28. The summed E-state index contributed by atoms with van der Waals surface area (Å²) in [6.07, 6.45) is -2.41. The van der Waals surface area contributed by atoms with Gasteiger partial charge in [0, 0.05) is 6.42 Å². The van der Waals surface area contributed by atoms with E-state index >= 15 is 0 Å². The summed E-state index contributed by atoms with van der Waals surface area (Å²) in [5.74, 6) is 0. The van der Waals surface area contributed by atoms with Gasteiger partial charge in [-0.3, -0.25) is 28.7 Å². The van der Waals surface area contributed by atoms with Crippen LogP contribution < -0.4 is 11.2 Å². The molecule has 0 spiro atoms.